The van der Waals surface area contributed by atoms with Crippen molar-refractivity contribution in [3.8, 4) is 33.6 Å². The Balaban J connectivity index is 1.68. The Kier molecular flexibility index (Phi) is 5.69. The van der Waals surface area contributed by atoms with Crippen LogP contribution in [-0.2, 0) is 0 Å². The summed E-state index contributed by atoms with van der Waals surface area (Å²) in [5.74, 6) is -0.703. The van der Waals surface area contributed by atoms with Gasteiger partial charge in [-0.25, -0.2) is 19.3 Å². The van der Waals surface area contributed by atoms with Crippen molar-refractivity contribution in [1.82, 2.24) is 25.3 Å². The third-order valence-electron chi connectivity index (χ3n) is 5.34. The van der Waals surface area contributed by atoms with Crippen molar-refractivity contribution in [3.05, 3.63) is 95.8 Å². The predicted octanol–water partition coefficient (Wildman–Crippen LogP) is 5.57. The summed E-state index contributed by atoms with van der Waals surface area (Å²) in [5.41, 5.74) is 4.36. The molecule has 0 aliphatic rings. The second-order valence-corrected chi connectivity index (χ2v) is 7.94. The molecule has 0 bridgehead atoms. The van der Waals surface area contributed by atoms with Crippen molar-refractivity contribution in [1.29, 1.82) is 0 Å². The van der Waals surface area contributed by atoms with Crippen molar-refractivity contribution in [3.63, 3.8) is 0 Å². The highest BCUT2D eigenvalue weighted by Gasteiger charge is 2.15. The van der Waals surface area contributed by atoms with E-state index in [0.717, 1.165) is 22.1 Å². The van der Waals surface area contributed by atoms with Crippen LogP contribution in [0.3, 0.4) is 0 Å². The van der Waals surface area contributed by atoms with Crippen molar-refractivity contribution < 1.29 is 9.18 Å². The molecule has 0 saturated carbocycles. The molecule has 5 rings (SSSR count). The first-order chi connectivity index (χ1) is 16.5. The summed E-state index contributed by atoms with van der Waals surface area (Å²) in [6.07, 6.45) is 5.03. The summed E-state index contributed by atoms with van der Waals surface area (Å²) >= 11 is 6.12. The first-order valence-electron chi connectivity index (χ1n) is 10.4. The van der Waals surface area contributed by atoms with Gasteiger partial charge in [-0.2, -0.15) is 0 Å². The minimum atomic E-state index is -0.430. The molecule has 1 aromatic carbocycles. The number of carbonyl (C=O) groups excluding carboxylic acids is 1. The molecule has 0 saturated heterocycles. The van der Waals surface area contributed by atoms with E-state index in [0.29, 0.717) is 27.8 Å². The van der Waals surface area contributed by atoms with Crippen LogP contribution < -0.4 is 5.32 Å². The van der Waals surface area contributed by atoms with Crippen LogP contribution in [0.5, 0.6) is 0 Å². The molecule has 0 unspecified atom stereocenters. The molecule has 1 N–H and O–H groups in total. The number of nitrogens with one attached hydrogen (secondary N) is 1. The molecule has 0 radical (unpaired) electrons. The minimum absolute atomic E-state index is 0.273. The summed E-state index contributed by atoms with van der Waals surface area (Å²) in [4.78, 5) is 29.8. The van der Waals surface area contributed by atoms with Gasteiger partial charge in [-0.1, -0.05) is 17.7 Å². The Morgan fingerprint density at radius 2 is 1.76 bits per heavy atom. The van der Waals surface area contributed by atoms with E-state index >= 15 is 0 Å². The van der Waals surface area contributed by atoms with Gasteiger partial charge in [0.15, 0.2) is 5.65 Å². The van der Waals surface area contributed by atoms with Crippen LogP contribution in [0.25, 0.3) is 44.7 Å². The van der Waals surface area contributed by atoms with Crippen molar-refractivity contribution in [2.45, 2.75) is 0 Å². The summed E-state index contributed by atoms with van der Waals surface area (Å²) in [5, 5.41) is 3.78. The molecule has 0 fully saturated rings. The molecule has 0 spiro atoms. The molecule has 0 aliphatic heterocycles. The number of hydrogen-bond acceptors (Lipinski definition) is 5. The molecule has 8 heteroatoms. The maximum absolute atomic E-state index is 14.6. The fourth-order valence-corrected chi connectivity index (χ4v) is 3.88. The molecule has 0 atom stereocenters. The number of carbonyl (C=O) groups is 1. The number of rotatable bonds is 4. The largest absolute Gasteiger partial charge is 0.354 e. The van der Waals surface area contributed by atoms with Crippen LogP contribution in [0.15, 0.2) is 79.3 Å². The van der Waals surface area contributed by atoms with E-state index in [1.54, 1.807) is 49.9 Å². The van der Waals surface area contributed by atoms with Crippen LogP contribution in [0, 0.1) is 5.82 Å². The van der Waals surface area contributed by atoms with E-state index in [2.05, 4.69) is 25.3 Å². The van der Waals surface area contributed by atoms with Gasteiger partial charge in [0.25, 0.3) is 5.91 Å². The molecule has 5 aromatic rings. The normalized spacial score (nSPS) is 10.9. The number of fused-ring (bicyclic) bond motifs is 1. The summed E-state index contributed by atoms with van der Waals surface area (Å²) in [7, 11) is 1.56. The zero-order chi connectivity index (χ0) is 23.7. The van der Waals surface area contributed by atoms with E-state index in [-0.39, 0.29) is 11.5 Å². The van der Waals surface area contributed by atoms with Gasteiger partial charge in [0, 0.05) is 52.7 Å². The van der Waals surface area contributed by atoms with Crippen molar-refractivity contribution in [2.75, 3.05) is 7.05 Å². The zero-order valence-corrected chi connectivity index (χ0v) is 18.7. The highest BCUT2D eigenvalue weighted by Crippen LogP contribution is 2.34. The Labute approximate surface area is 199 Å². The quantitative estimate of drug-likeness (QED) is 0.372. The van der Waals surface area contributed by atoms with Crippen LogP contribution in [0.4, 0.5) is 4.39 Å². The number of nitrogens with zero attached hydrogens (tertiary/aromatic N) is 4. The summed E-state index contributed by atoms with van der Waals surface area (Å²) in [6.45, 7) is 0. The molecule has 1 amide bonds. The van der Waals surface area contributed by atoms with Gasteiger partial charge in [-0.15, -0.1) is 0 Å². The van der Waals surface area contributed by atoms with Gasteiger partial charge in [0.05, 0.1) is 11.4 Å². The first kappa shape index (κ1) is 21.6. The standard InChI is InChI=1S/C26H17ClFN5O/c1-29-26(34)23-6-2-5-22(32-23)16-10-15(13-30-14-16)19-12-24(20-11-17(27)7-8-21(20)28)33-25-18(19)4-3-9-31-25/h2-14H,1H3,(H,29,34). The lowest BCUT2D eigenvalue weighted by Gasteiger charge is -2.11. The zero-order valence-electron chi connectivity index (χ0n) is 18.0. The molecule has 6 nitrogen and oxygen atoms in total. The van der Waals surface area contributed by atoms with Gasteiger partial charge in [0.2, 0.25) is 0 Å². The number of amides is 1. The fourth-order valence-electron chi connectivity index (χ4n) is 3.71. The number of benzene rings is 1. The topological polar surface area (TPSA) is 80.7 Å². The Morgan fingerprint density at radius 1 is 0.912 bits per heavy atom. The number of aromatic nitrogens is 4. The van der Waals surface area contributed by atoms with Crippen LogP contribution in [0.1, 0.15) is 10.5 Å². The molecule has 4 aromatic heterocycles. The molecule has 0 aliphatic carbocycles. The lowest BCUT2D eigenvalue weighted by molar-refractivity contribution is 0.0958. The average molecular weight is 470 g/mol. The molecule has 166 valence electrons. The summed E-state index contributed by atoms with van der Waals surface area (Å²) < 4.78 is 14.6. The van der Waals surface area contributed by atoms with Crippen LogP contribution >= 0.6 is 11.6 Å². The SMILES string of the molecule is CNC(=O)c1cccc(-c2cncc(-c3cc(-c4cc(Cl)ccc4F)nc4ncccc34)c2)n1. The molecule has 34 heavy (non-hydrogen) atoms. The lowest BCUT2D eigenvalue weighted by atomic mass is 9.99. The second-order valence-electron chi connectivity index (χ2n) is 7.50. The number of pyridine rings is 4. The molecular weight excluding hydrogens is 453 g/mol. The molecular formula is C26H17ClFN5O. The Hall–Kier alpha value is -4.23. The van der Waals surface area contributed by atoms with E-state index < -0.39 is 5.82 Å². The fraction of sp³-hybridized carbons (Fsp3) is 0.0385. The lowest BCUT2D eigenvalue weighted by Crippen LogP contribution is -2.19. The predicted molar refractivity (Wildman–Crippen MR) is 130 cm³/mol. The second kappa shape index (κ2) is 8.96. The monoisotopic (exact) mass is 469 g/mol. The van der Waals surface area contributed by atoms with E-state index in [9.17, 15) is 9.18 Å². The average Bonchev–Trinajstić information content (AvgIpc) is 2.89. The van der Waals surface area contributed by atoms with Gasteiger partial charge in [-0.05, 0) is 60.2 Å². The third-order valence-corrected chi connectivity index (χ3v) is 5.58. The van der Waals surface area contributed by atoms with Crippen LogP contribution in [0.2, 0.25) is 5.02 Å². The van der Waals surface area contributed by atoms with Crippen molar-refractivity contribution >= 4 is 28.5 Å². The number of hydrogen-bond donors (Lipinski definition) is 1. The van der Waals surface area contributed by atoms with Crippen LogP contribution in [-0.4, -0.2) is 32.9 Å². The van der Waals surface area contributed by atoms with Gasteiger partial charge in [0.1, 0.15) is 11.5 Å². The smallest absolute Gasteiger partial charge is 0.269 e. The molecule has 4 heterocycles. The first-order valence-corrected chi connectivity index (χ1v) is 10.8. The highest BCUT2D eigenvalue weighted by molar-refractivity contribution is 6.30. The van der Waals surface area contributed by atoms with Crippen molar-refractivity contribution in [2.24, 2.45) is 0 Å². The van der Waals surface area contributed by atoms with Gasteiger partial charge in [-0.3, -0.25) is 9.78 Å². The summed E-state index contributed by atoms with van der Waals surface area (Å²) in [6, 6.07) is 17.0. The van der Waals surface area contributed by atoms with E-state index in [1.807, 2.05) is 24.3 Å². The maximum Gasteiger partial charge on any atom is 0.269 e. The Morgan fingerprint density at radius 3 is 2.62 bits per heavy atom. The maximum atomic E-state index is 14.6. The van der Waals surface area contributed by atoms with Gasteiger partial charge >= 0.3 is 0 Å². The highest BCUT2D eigenvalue weighted by atomic mass is 35.5. The van der Waals surface area contributed by atoms with E-state index in [4.69, 9.17) is 11.6 Å². The Bertz CT molecular complexity index is 1560. The number of halogens is 2. The minimum Gasteiger partial charge on any atom is -0.354 e. The van der Waals surface area contributed by atoms with Gasteiger partial charge < -0.3 is 5.32 Å². The van der Waals surface area contributed by atoms with E-state index in [1.165, 1.54) is 12.1 Å². The third kappa shape index (κ3) is 4.09.